The Labute approximate surface area is 300 Å². The second kappa shape index (κ2) is 27.6. The molecule has 0 saturated heterocycles. The average Bonchev–Trinajstić information content (AvgIpc) is 3.08. The Morgan fingerprint density at radius 2 is 1.14 bits per heavy atom. The summed E-state index contributed by atoms with van der Waals surface area (Å²) in [6.45, 7) is 3.69. The number of rotatable bonds is 30. The van der Waals surface area contributed by atoms with Crippen LogP contribution in [-0.2, 0) is 18.4 Å². The molecule has 296 valence electrons. The molecule has 1 aliphatic rings. The minimum Gasteiger partial charge on any atom is -0.393 e. The van der Waals surface area contributed by atoms with Crippen molar-refractivity contribution < 1.29 is 59.0 Å². The van der Waals surface area contributed by atoms with Crippen LogP contribution < -0.4 is 5.32 Å². The Kier molecular flexibility index (Phi) is 26.0. The first-order valence-electron chi connectivity index (χ1n) is 19.2. The number of unbranched alkanes of at least 4 members (excludes halogenated alkanes) is 15. The Hall–Kier alpha value is -0.960. The van der Waals surface area contributed by atoms with E-state index in [1.165, 1.54) is 57.8 Å². The summed E-state index contributed by atoms with van der Waals surface area (Å²) < 4.78 is 22.7. The van der Waals surface area contributed by atoms with Gasteiger partial charge in [0.1, 0.15) is 36.6 Å². The van der Waals surface area contributed by atoms with Crippen molar-refractivity contribution in [1.82, 2.24) is 5.32 Å². The number of phosphoric ester groups is 1. The lowest BCUT2D eigenvalue weighted by Crippen LogP contribution is -2.64. The fraction of sp³-hybridized carbons (Fsp3) is 0.917. The third kappa shape index (κ3) is 20.3. The van der Waals surface area contributed by atoms with Crippen molar-refractivity contribution in [3.8, 4) is 0 Å². The Morgan fingerprint density at radius 1 is 0.680 bits per heavy atom. The molecule has 0 bridgehead atoms. The maximum atomic E-state index is 12.9. The predicted molar refractivity (Wildman–Crippen MR) is 192 cm³/mol. The number of aliphatic hydroxyl groups is 7. The summed E-state index contributed by atoms with van der Waals surface area (Å²) in [4.78, 5) is 23.2. The third-order valence-corrected chi connectivity index (χ3v) is 10.4. The molecule has 9 N–H and O–H groups in total. The molecule has 14 heteroatoms. The molecule has 8 unspecified atom stereocenters. The number of allylic oxidation sites excluding steroid dienone is 2. The van der Waals surface area contributed by atoms with Crippen LogP contribution in [0, 0.1) is 0 Å². The minimum atomic E-state index is -5.10. The van der Waals surface area contributed by atoms with E-state index < -0.39 is 75.2 Å². The second-order valence-corrected chi connectivity index (χ2v) is 15.4. The molecule has 0 aromatic heterocycles. The first kappa shape index (κ1) is 47.1. The summed E-state index contributed by atoms with van der Waals surface area (Å²) in [5, 5.41) is 74.0. The van der Waals surface area contributed by atoms with Crippen LogP contribution >= 0.6 is 7.82 Å². The minimum absolute atomic E-state index is 0.241. The highest BCUT2D eigenvalue weighted by Gasteiger charge is 2.51. The van der Waals surface area contributed by atoms with Crippen LogP contribution in [0.3, 0.4) is 0 Å². The number of amides is 1. The van der Waals surface area contributed by atoms with E-state index in [0.717, 1.165) is 44.9 Å². The van der Waals surface area contributed by atoms with Crippen molar-refractivity contribution in [2.45, 2.75) is 204 Å². The van der Waals surface area contributed by atoms with Gasteiger partial charge in [-0.1, -0.05) is 116 Å². The van der Waals surface area contributed by atoms with Gasteiger partial charge in [0.2, 0.25) is 5.91 Å². The highest BCUT2D eigenvalue weighted by molar-refractivity contribution is 7.47. The van der Waals surface area contributed by atoms with Crippen LogP contribution in [0.2, 0.25) is 0 Å². The molecule has 0 aromatic rings. The quantitative estimate of drug-likeness (QED) is 0.0286. The van der Waals surface area contributed by atoms with Gasteiger partial charge in [-0.15, -0.1) is 0 Å². The van der Waals surface area contributed by atoms with E-state index in [-0.39, 0.29) is 12.8 Å². The number of carbonyl (C=O) groups is 1. The van der Waals surface area contributed by atoms with E-state index in [4.69, 9.17) is 9.05 Å². The van der Waals surface area contributed by atoms with Gasteiger partial charge in [0.05, 0.1) is 31.3 Å². The van der Waals surface area contributed by atoms with Crippen LogP contribution in [0.15, 0.2) is 12.2 Å². The van der Waals surface area contributed by atoms with Gasteiger partial charge >= 0.3 is 7.82 Å². The number of nitrogens with one attached hydrogen (secondary N) is 1. The highest BCUT2D eigenvalue weighted by Crippen LogP contribution is 2.47. The monoisotopic (exact) mass is 739 g/mol. The van der Waals surface area contributed by atoms with E-state index in [0.29, 0.717) is 19.3 Å². The summed E-state index contributed by atoms with van der Waals surface area (Å²) in [6.07, 6.45) is 10.2. The summed E-state index contributed by atoms with van der Waals surface area (Å²) in [5.41, 5.74) is 0. The zero-order chi connectivity index (χ0) is 37.4. The van der Waals surface area contributed by atoms with E-state index in [1.807, 2.05) is 0 Å². The summed E-state index contributed by atoms with van der Waals surface area (Å²) >= 11 is 0. The first-order valence-corrected chi connectivity index (χ1v) is 20.7. The normalized spacial score (nSPS) is 25.7. The molecule has 0 spiro atoms. The van der Waals surface area contributed by atoms with E-state index >= 15 is 0 Å². The van der Waals surface area contributed by atoms with Crippen molar-refractivity contribution >= 4 is 13.7 Å². The average molecular weight is 740 g/mol. The van der Waals surface area contributed by atoms with Crippen molar-refractivity contribution in [3.63, 3.8) is 0 Å². The maximum Gasteiger partial charge on any atom is 0.472 e. The molecule has 1 saturated carbocycles. The van der Waals surface area contributed by atoms with Crippen LogP contribution in [0.5, 0.6) is 0 Å². The van der Waals surface area contributed by atoms with Crippen LogP contribution in [-0.4, -0.2) is 108 Å². The molecule has 50 heavy (non-hydrogen) atoms. The molecule has 0 aromatic carbocycles. The summed E-state index contributed by atoms with van der Waals surface area (Å²) in [7, 11) is -5.10. The molecule has 1 rings (SSSR count). The lowest BCUT2D eigenvalue weighted by molar-refractivity contribution is -0.220. The predicted octanol–water partition coefficient (Wildman–Crippen LogP) is 4.30. The molecule has 0 heterocycles. The SMILES string of the molecule is CCCCCCCC/C=C\CCCC(O)CC(=O)NC(COP(=O)(O)OC1C(O)C(O)C(O)C(O)C1O)C(O)CCCCCCCCCCC. The largest absolute Gasteiger partial charge is 0.472 e. The third-order valence-electron chi connectivity index (χ3n) is 9.38. The number of aliphatic hydroxyl groups excluding tert-OH is 7. The van der Waals surface area contributed by atoms with Crippen LogP contribution in [0.4, 0.5) is 0 Å². The molecule has 13 nitrogen and oxygen atoms in total. The van der Waals surface area contributed by atoms with Gasteiger partial charge in [-0.2, -0.15) is 0 Å². The van der Waals surface area contributed by atoms with Crippen molar-refractivity contribution in [3.05, 3.63) is 12.2 Å². The van der Waals surface area contributed by atoms with E-state index in [2.05, 4.69) is 31.3 Å². The summed E-state index contributed by atoms with van der Waals surface area (Å²) in [6, 6.07) is -1.16. The van der Waals surface area contributed by atoms with Crippen LogP contribution in [0.25, 0.3) is 0 Å². The van der Waals surface area contributed by atoms with Crippen molar-refractivity contribution in [2.75, 3.05) is 6.61 Å². The van der Waals surface area contributed by atoms with Gasteiger partial charge in [-0.25, -0.2) is 4.57 Å². The number of hydrogen-bond acceptors (Lipinski definition) is 11. The fourth-order valence-electron chi connectivity index (χ4n) is 6.13. The van der Waals surface area contributed by atoms with Gasteiger partial charge in [-0.3, -0.25) is 13.8 Å². The molecule has 0 aliphatic heterocycles. The van der Waals surface area contributed by atoms with Gasteiger partial charge in [0.15, 0.2) is 0 Å². The van der Waals surface area contributed by atoms with Crippen molar-refractivity contribution in [1.29, 1.82) is 0 Å². The lowest BCUT2D eigenvalue weighted by atomic mass is 9.85. The summed E-state index contributed by atoms with van der Waals surface area (Å²) in [5.74, 6) is -0.581. The molecule has 1 fully saturated rings. The topological polar surface area (TPSA) is 226 Å². The number of carbonyl (C=O) groups excluding carboxylic acids is 1. The Bertz CT molecular complexity index is 927. The van der Waals surface area contributed by atoms with Gasteiger partial charge in [-0.05, 0) is 38.5 Å². The molecule has 1 amide bonds. The Balaban J connectivity index is 2.65. The first-order chi connectivity index (χ1) is 23.8. The van der Waals surface area contributed by atoms with Gasteiger partial charge in [0.25, 0.3) is 0 Å². The standard InChI is InChI=1S/C36H70NO12P/c1-3-5-7-9-11-13-14-16-17-19-21-23-27(38)25-30(40)37-28(29(39)24-22-20-18-15-12-10-8-6-4-2)26-48-50(46,47)49-36-34(44)32(42)31(41)33(43)35(36)45/h16-17,27-29,31-36,38-39,41-45H,3-15,18-26H2,1-2H3,(H,37,40)(H,46,47)/b17-16-. The molecule has 8 atom stereocenters. The molecular formula is C36H70NO12P. The number of phosphoric acid groups is 1. The van der Waals surface area contributed by atoms with E-state index in [9.17, 15) is 50.0 Å². The fourth-order valence-corrected chi connectivity index (χ4v) is 7.09. The van der Waals surface area contributed by atoms with Crippen LogP contribution in [0.1, 0.15) is 149 Å². The van der Waals surface area contributed by atoms with Gasteiger partial charge < -0.3 is 46.0 Å². The zero-order valence-corrected chi connectivity index (χ0v) is 31.5. The molecule has 0 radical (unpaired) electrons. The smallest absolute Gasteiger partial charge is 0.393 e. The molecule has 1 aliphatic carbocycles. The second-order valence-electron chi connectivity index (χ2n) is 14.0. The highest BCUT2D eigenvalue weighted by atomic mass is 31.2. The van der Waals surface area contributed by atoms with E-state index in [1.54, 1.807) is 0 Å². The lowest BCUT2D eigenvalue weighted by Gasteiger charge is -2.41. The van der Waals surface area contributed by atoms with Gasteiger partial charge in [0, 0.05) is 0 Å². The zero-order valence-electron chi connectivity index (χ0n) is 30.6. The maximum absolute atomic E-state index is 12.9. The van der Waals surface area contributed by atoms with Crippen molar-refractivity contribution in [2.24, 2.45) is 0 Å². The number of hydrogen-bond donors (Lipinski definition) is 9. The Morgan fingerprint density at radius 3 is 1.68 bits per heavy atom. The molecular weight excluding hydrogens is 669 g/mol.